The van der Waals surface area contributed by atoms with Gasteiger partial charge in [0.15, 0.2) is 5.82 Å². The van der Waals surface area contributed by atoms with Gasteiger partial charge in [-0.05, 0) is 55.9 Å². The fourth-order valence-corrected chi connectivity index (χ4v) is 4.25. The summed E-state index contributed by atoms with van der Waals surface area (Å²) < 4.78 is 1.87. The number of aryl methyl sites for hydroxylation is 5. The maximum Gasteiger partial charge on any atom is 0.225 e. The Morgan fingerprint density at radius 1 is 1.27 bits per heavy atom. The molecule has 26 heavy (non-hydrogen) atoms. The van der Waals surface area contributed by atoms with E-state index in [9.17, 15) is 4.79 Å². The Hall–Kier alpha value is -2.54. The molecule has 1 aromatic carbocycles. The second kappa shape index (κ2) is 6.99. The fraction of sp³-hybridized carbons (Fsp3) is 0.368. The number of nitrogens with two attached hydrogens (primary N) is 1. The van der Waals surface area contributed by atoms with Crippen LogP contribution in [-0.4, -0.2) is 25.7 Å². The zero-order valence-electron chi connectivity index (χ0n) is 14.7. The van der Waals surface area contributed by atoms with Gasteiger partial charge < -0.3 is 5.73 Å². The lowest BCUT2D eigenvalue weighted by Gasteiger charge is -2.08. The first-order valence-electron chi connectivity index (χ1n) is 8.84. The summed E-state index contributed by atoms with van der Waals surface area (Å²) in [6.45, 7) is 2.02. The average molecular weight is 367 g/mol. The van der Waals surface area contributed by atoms with Crippen LogP contribution in [0.1, 0.15) is 39.8 Å². The lowest BCUT2D eigenvalue weighted by atomic mass is 10.1. The van der Waals surface area contributed by atoms with Gasteiger partial charge in [0, 0.05) is 11.3 Å². The number of hydrogen-bond donors (Lipinski definition) is 1. The molecule has 3 aromatic rings. The van der Waals surface area contributed by atoms with Crippen LogP contribution in [0.5, 0.6) is 0 Å². The van der Waals surface area contributed by atoms with E-state index in [4.69, 9.17) is 5.73 Å². The molecule has 1 aliphatic carbocycles. The number of carbonyl (C=O) groups is 1. The van der Waals surface area contributed by atoms with E-state index < -0.39 is 5.91 Å². The Kier molecular flexibility index (Phi) is 4.55. The molecular weight excluding hydrogens is 346 g/mol. The Bertz CT molecular complexity index is 959. The molecule has 0 aliphatic heterocycles. The van der Waals surface area contributed by atoms with E-state index in [0.717, 1.165) is 42.9 Å². The molecule has 1 aliphatic rings. The van der Waals surface area contributed by atoms with Crippen molar-refractivity contribution in [2.75, 3.05) is 0 Å². The van der Waals surface area contributed by atoms with Crippen LogP contribution in [-0.2, 0) is 36.9 Å². The van der Waals surface area contributed by atoms with Crippen LogP contribution >= 0.6 is 11.3 Å². The maximum atomic E-state index is 11.3. The third kappa shape index (κ3) is 3.39. The quantitative estimate of drug-likeness (QED) is 0.724. The van der Waals surface area contributed by atoms with Crippen LogP contribution in [0.2, 0.25) is 0 Å². The summed E-state index contributed by atoms with van der Waals surface area (Å²) in [5, 5.41) is 4.56. The normalized spacial score (nSPS) is 13.1. The number of rotatable bonds is 6. The minimum Gasteiger partial charge on any atom is -0.369 e. The third-order valence-electron chi connectivity index (χ3n) is 4.80. The molecule has 2 N–H and O–H groups in total. The van der Waals surface area contributed by atoms with Gasteiger partial charge >= 0.3 is 0 Å². The monoisotopic (exact) mass is 367 g/mol. The van der Waals surface area contributed by atoms with E-state index in [2.05, 4.69) is 33.3 Å². The van der Waals surface area contributed by atoms with Gasteiger partial charge in [0.05, 0.1) is 23.3 Å². The second-order valence-electron chi connectivity index (χ2n) is 6.67. The van der Waals surface area contributed by atoms with Gasteiger partial charge in [0.2, 0.25) is 5.91 Å². The second-order valence-corrected chi connectivity index (χ2v) is 7.61. The van der Waals surface area contributed by atoms with Crippen LogP contribution in [0, 0.1) is 6.92 Å². The van der Waals surface area contributed by atoms with E-state index >= 15 is 0 Å². The van der Waals surface area contributed by atoms with Crippen molar-refractivity contribution in [2.24, 2.45) is 5.73 Å². The number of primary amides is 1. The Morgan fingerprint density at radius 3 is 2.88 bits per heavy atom. The molecular formula is C19H21N5OS. The van der Waals surface area contributed by atoms with Gasteiger partial charge in [0.25, 0.3) is 0 Å². The lowest BCUT2D eigenvalue weighted by Crippen LogP contribution is -2.14. The van der Waals surface area contributed by atoms with Gasteiger partial charge in [-0.2, -0.15) is 5.10 Å². The number of thiazole rings is 1. The van der Waals surface area contributed by atoms with Crippen LogP contribution in [0.25, 0.3) is 5.69 Å². The van der Waals surface area contributed by atoms with E-state index in [1.165, 1.54) is 22.4 Å². The van der Waals surface area contributed by atoms with Crippen molar-refractivity contribution in [1.29, 1.82) is 0 Å². The molecule has 0 bridgehead atoms. The maximum absolute atomic E-state index is 11.3. The van der Waals surface area contributed by atoms with E-state index in [0.29, 0.717) is 5.82 Å². The summed E-state index contributed by atoms with van der Waals surface area (Å²) >= 11 is 1.66. The summed E-state index contributed by atoms with van der Waals surface area (Å²) in [5.74, 6) is 0.918. The topological polar surface area (TPSA) is 86.7 Å². The van der Waals surface area contributed by atoms with Gasteiger partial charge in [-0.3, -0.25) is 4.79 Å². The third-order valence-corrected chi connectivity index (χ3v) is 5.79. The number of hydrogen-bond acceptors (Lipinski definition) is 5. The minimum absolute atomic E-state index is 0.0600. The lowest BCUT2D eigenvalue weighted by molar-refractivity contribution is -0.117. The summed E-state index contributed by atoms with van der Waals surface area (Å²) in [5.41, 5.74) is 12.1. The van der Waals surface area contributed by atoms with Gasteiger partial charge in [-0.1, -0.05) is 6.07 Å². The van der Waals surface area contributed by atoms with Crippen LogP contribution in [0.4, 0.5) is 0 Å². The number of aromatic nitrogens is 4. The summed E-state index contributed by atoms with van der Waals surface area (Å²) in [4.78, 5) is 21.4. The van der Waals surface area contributed by atoms with Crippen molar-refractivity contribution in [3.05, 3.63) is 57.1 Å². The molecule has 134 valence electrons. The fourth-order valence-electron chi connectivity index (χ4n) is 3.47. The molecule has 0 radical (unpaired) electrons. The smallest absolute Gasteiger partial charge is 0.225 e. The van der Waals surface area contributed by atoms with Crippen molar-refractivity contribution in [3.8, 4) is 5.69 Å². The first kappa shape index (κ1) is 16.9. The first-order valence-corrected chi connectivity index (χ1v) is 9.72. The number of benzene rings is 1. The van der Waals surface area contributed by atoms with Crippen molar-refractivity contribution in [1.82, 2.24) is 19.7 Å². The minimum atomic E-state index is -0.416. The van der Waals surface area contributed by atoms with Gasteiger partial charge in [-0.25, -0.2) is 14.6 Å². The molecule has 0 spiro atoms. The number of amides is 1. The predicted molar refractivity (Wildman–Crippen MR) is 101 cm³/mol. The van der Waals surface area contributed by atoms with Crippen molar-refractivity contribution in [3.63, 3.8) is 0 Å². The zero-order chi connectivity index (χ0) is 18.1. The standard InChI is InChI=1S/C19H21N5OS/c1-12-16(26-11-21-12)7-8-19-22-18(10-17(20)25)23-24(19)15-6-5-13-3-2-4-14(13)9-15/h5-6,9,11H,2-4,7-8,10H2,1H3,(H2,20,25). The summed E-state index contributed by atoms with van der Waals surface area (Å²) in [7, 11) is 0. The largest absolute Gasteiger partial charge is 0.369 e. The van der Waals surface area contributed by atoms with Crippen molar-refractivity contribution in [2.45, 2.75) is 45.4 Å². The molecule has 7 heteroatoms. The molecule has 0 atom stereocenters. The Morgan fingerprint density at radius 2 is 2.12 bits per heavy atom. The van der Waals surface area contributed by atoms with Crippen LogP contribution in [0.15, 0.2) is 23.7 Å². The molecule has 0 unspecified atom stereocenters. The van der Waals surface area contributed by atoms with Crippen molar-refractivity contribution >= 4 is 17.2 Å². The SMILES string of the molecule is Cc1ncsc1CCc1nc(CC(N)=O)nn1-c1ccc2c(c1)CCC2. The van der Waals surface area contributed by atoms with E-state index in [-0.39, 0.29) is 6.42 Å². The zero-order valence-corrected chi connectivity index (χ0v) is 15.6. The van der Waals surface area contributed by atoms with E-state index in [1.807, 2.05) is 17.1 Å². The molecule has 1 amide bonds. The highest BCUT2D eigenvalue weighted by molar-refractivity contribution is 7.09. The number of nitrogens with zero attached hydrogens (tertiary/aromatic N) is 4. The molecule has 0 saturated carbocycles. The highest BCUT2D eigenvalue weighted by Gasteiger charge is 2.17. The highest BCUT2D eigenvalue weighted by Crippen LogP contribution is 2.25. The molecule has 0 saturated heterocycles. The van der Waals surface area contributed by atoms with Crippen molar-refractivity contribution < 1.29 is 4.79 Å². The first-order chi connectivity index (χ1) is 12.6. The molecule has 2 aromatic heterocycles. The predicted octanol–water partition coefficient (Wildman–Crippen LogP) is 2.33. The average Bonchev–Trinajstić information content (AvgIpc) is 3.31. The molecule has 4 rings (SSSR count). The van der Waals surface area contributed by atoms with Crippen LogP contribution in [0.3, 0.4) is 0 Å². The Balaban J connectivity index is 1.66. The summed E-state index contributed by atoms with van der Waals surface area (Å²) in [6, 6.07) is 6.48. The number of fused-ring (bicyclic) bond motifs is 1. The highest BCUT2D eigenvalue weighted by atomic mass is 32.1. The van der Waals surface area contributed by atoms with Crippen LogP contribution < -0.4 is 5.73 Å². The molecule has 6 nitrogen and oxygen atoms in total. The number of carbonyl (C=O) groups excluding carboxylic acids is 1. The summed E-state index contributed by atoms with van der Waals surface area (Å²) in [6.07, 6.45) is 5.13. The molecule has 0 fully saturated rings. The van der Waals surface area contributed by atoms with Gasteiger partial charge in [0.1, 0.15) is 5.82 Å². The molecule has 2 heterocycles. The van der Waals surface area contributed by atoms with E-state index in [1.54, 1.807) is 11.3 Å². The van der Waals surface area contributed by atoms with Gasteiger partial charge in [-0.15, -0.1) is 11.3 Å². The Labute approximate surface area is 156 Å².